The van der Waals surface area contributed by atoms with Crippen LogP contribution in [0.1, 0.15) is 11.1 Å². The van der Waals surface area contributed by atoms with E-state index in [1.165, 1.54) is 0 Å². The fourth-order valence-corrected chi connectivity index (χ4v) is 1.42. The molecule has 0 bridgehead atoms. The summed E-state index contributed by atoms with van der Waals surface area (Å²) in [5.41, 5.74) is 1.71. The zero-order valence-electron chi connectivity index (χ0n) is 6.60. The zero-order chi connectivity index (χ0) is 9.14. The van der Waals surface area contributed by atoms with E-state index in [2.05, 4.69) is 0 Å². The van der Waals surface area contributed by atoms with Gasteiger partial charge in [-0.1, -0.05) is 23.2 Å². The number of benzene rings is 1. The third-order valence-corrected chi connectivity index (χ3v) is 2.39. The lowest BCUT2D eigenvalue weighted by Gasteiger charge is -2.03. The first-order valence-electron chi connectivity index (χ1n) is 3.53. The summed E-state index contributed by atoms with van der Waals surface area (Å²) in [7, 11) is 0. The zero-order valence-corrected chi connectivity index (χ0v) is 8.12. The molecular weight excluding hydrogens is 195 g/mol. The van der Waals surface area contributed by atoms with Crippen molar-refractivity contribution < 1.29 is 4.79 Å². The molecule has 0 spiro atoms. The van der Waals surface area contributed by atoms with Crippen LogP contribution in [0, 0.1) is 6.92 Å². The second kappa shape index (κ2) is 3.92. The molecular formula is C9H8Cl2O. The molecule has 1 rings (SSSR count). The Morgan fingerprint density at radius 3 is 2.58 bits per heavy atom. The molecule has 0 heterocycles. The molecule has 0 aliphatic carbocycles. The van der Waals surface area contributed by atoms with Gasteiger partial charge in [0.05, 0.1) is 0 Å². The van der Waals surface area contributed by atoms with Gasteiger partial charge in [0.15, 0.2) is 0 Å². The molecule has 3 heteroatoms. The van der Waals surface area contributed by atoms with Gasteiger partial charge in [0.25, 0.3) is 0 Å². The van der Waals surface area contributed by atoms with Crippen LogP contribution in [0.15, 0.2) is 12.1 Å². The highest BCUT2D eigenvalue weighted by atomic mass is 35.5. The Morgan fingerprint density at radius 1 is 1.33 bits per heavy atom. The van der Waals surface area contributed by atoms with Gasteiger partial charge in [0.1, 0.15) is 6.29 Å². The van der Waals surface area contributed by atoms with Crippen LogP contribution in [-0.2, 0) is 11.2 Å². The maximum atomic E-state index is 10.2. The number of aryl methyl sites for hydroxylation is 1. The van der Waals surface area contributed by atoms with E-state index >= 15 is 0 Å². The van der Waals surface area contributed by atoms with E-state index in [0.29, 0.717) is 16.5 Å². The van der Waals surface area contributed by atoms with Crippen LogP contribution in [0.2, 0.25) is 10.0 Å². The Labute approximate surface area is 81.3 Å². The molecule has 64 valence electrons. The van der Waals surface area contributed by atoms with E-state index in [0.717, 1.165) is 17.4 Å². The van der Waals surface area contributed by atoms with Crippen LogP contribution in [-0.4, -0.2) is 6.29 Å². The van der Waals surface area contributed by atoms with Crippen molar-refractivity contribution in [2.45, 2.75) is 13.3 Å². The number of carbonyl (C=O) groups excluding carboxylic acids is 1. The lowest BCUT2D eigenvalue weighted by Crippen LogP contribution is -1.88. The molecule has 0 aliphatic heterocycles. The van der Waals surface area contributed by atoms with Crippen molar-refractivity contribution in [1.29, 1.82) is 0 Å². The third-order valence-electron chi connectivity index (χ3n) is 1.63. The van der Waals surface area contributed by atoms with Crippen molar-refractivity contribution >= 4 is 29.5 Å². The number of rotatable bonds is 2. The summed E-state index contributed by atoms with van der Waals surface area (Å²) < 4.78 is 0. The average Bonchev–Trinajstić information content (AvgIpc) is 2.01. The molecule has 1 aromatic rings. The van der Waals surface area contributed by atoms with Crippen LogP contribution in [0.25, 0.3) is 0 Å². The number of carbonyl (C=O) groups is 1. The smallest absolute Gasteiger partial charge is 0.124 e. The summed E-state index contributed by atoms with van der Waals surface area (Å²) in [6.07, 6.45) is 1.13. The maximum Gasteiger partial charge on any atom is 0.124 e. The van der Waals surface area contributed by atoms with Gasteiger partial charge in [-0.2, -0.15) is 0 Å². The molecule has 0 aliphatic rings. The largest absolute Gasteiger partial charge is 0.303 e. The number of hydrogen-bond acceptors (Lipinski definition) is 1. The Morgan fingerprint density at radius 2 is 2.00 bits per heavy atom. The number of halogens is 2. The van der Waals surface area contributed by atoms with Crippen LogP contribution < -0.4 is 0 Å². The molecule has 0 unspecified atom stereocenters. The van der Waals surface area contributed by atoms with E-state index in [4.69, 9.17) is 23.2 Å². The van der Waals surface area contributed by atoms with Crippen molar-refractivity contribution in [2.75, 3.05) is 0 Å². The molecule has 12 heavy (non-hydrogen) atoms. The van der Waals surface area contributed by atoms with Gasteiger partial charge in [-0.3, -0.25) is 0 Å². The topological polar surface area (TPSA) is 17.1 Å². The van der Waals surface area contributed by atoms with Crippen molar-refractivity contribution in [3.05, 3.63) is 33.3 Å². The van der Waals surface area contributed by atoms with Crippen molar-refractivity contribution in [2.24, 2.45) is 0 Å². The quantitative estimate of drug-likeness (QED) is 0.675. The monoisotopic (exact) mass is 202 g/mol. The second-order valence-corrected chi connectivity index (χ2v) is 3.38. The van der Waals surface area contributed by atoms with Gasteiger partial charge >= 0.3 is 0 Å². The predicted octanol–water partition coefficient (Wildman–Crippen LogP) is 3.04. The first-order chi connectivity index (χ1) is 5.65. The van der Waals surface area contributed by atoms with E-state index in [1.807, 2.05) is 6.92 Å². The van der Waals surface area contributed by atoms with Crippen LogP contribution >= 0.6 is 23.2 Å². The number of hydrogen-bond donors (Lipinski definition) is 0. The minimum atomic E-state index is 0.318. The maximum absolute atomic E-state index is 10.2. The van der Waals surface area contributed by atoms with Crippen LogP contribution in [0.3, 0.4) is 0 Å². The molecule has 0 saturated heterocycles. The Bertz CT molecular complexity index is 308. The summed E-state index contributed by atoms with van der Waals surface area (Å²) in [4.78, 5) is 10.2. The first-order valence-corrected chi connectivity index (χ1v) is 4.29. The standard InChI is InChI=1S/C9H8Cl2O/c1-6-4-9(11)7(2-3-12)5-8(6)10/h3-5H,2H2,1H3. The highest BCUT2D eigenvalue weighted by molar-refractivity contribution is 6.34. The minimum Gasteiger partial charge on any atom is -0.303 e. The molecule has 0 radical (unpaired) electrons. The van der Waals surface area contributed by atoms with Gasteiger partial charge in [-0.05, 0) is 30.2 Å². The van der Waals surface area contributed by atoms with Gasteiger partial charge in [0.2, 0.25) is 0 Å². The lowest BCUT2D eigenvalue weighted by atomic mass is 10.1. The molecule has 0 saturated carbocycles. The summed E-state index contributed by atoms with van der Waals surface area (Å²) in [6.45, 7) is 1.87. The summed E-state index contributed by atoms with van der Waals surface area (Å²) in [6, 6.07) is 3.50. The van der Waals surface area contributed by atoms with Crippen molar-refractivity contribution in [3.8, 4) is 0 Å². The van der Waals surface area contributed by atoms with Gasteiger partial charge in [-0.25, -0.2) is 0 Å². The van der Waals surface area contributed by atoms with Crippen molar-refractivity contribution in [1.82, 2.24) is 0 Å². The minimum absolute atomic E-state index is 0.318. The van der Waals surface area contributed by atoms with E-state index in [9.17, 15) is 4.79 Å². The fraction of sp³-hybridized carbons (Fsp3) is 0.222. The van der Waals surface area contributed by atoms with Crippen molar-refractivity contribution in [3.63, 3.8) is 0 Å². The van der Waals surface area contributed by atoms with Gasteiger partial charge in [-0.15, -0.1) is 0 Å². The SMILES string of the molecule is Cc1cc(Cl)c(CC=O)cc1Cl. The highest BCUT2D eigenvalue weighted by Gasteiger charge is 2.03. The fourth-order valence-electron chi connectivity index (χ4n) is 0.934. The normalized spacial score (nSPS) is 9.92. The summed E-state index contributed by atoms with van der Waals surface area (Å²) >= 11 is 11.7. The van der Waals surface area contributed by atoms with Gasteiger partial charge in [0, 0.05) is 16.5 Å². The van der Waals surface area contributed by atoms with Gasteiger partial charge < -0.3 is 4.79 Å². The molecule has 0 atom stereocenters. The highest BCUT2D eigenvalue weighted by Crippen LogP contribution is 2.24. The predicted molar refractivity (Wildman–Crippen MR) is 51.0 cm³/mol. The molecule has 1 aromatic carbocycles. The molecule has 0 amide bonds. The average molecular weight is 203 g/mol. The van der Waals surface area contributed by atoms with Crippen LogP contribution in [0.5, 0.6) is 0 Å². The Kier molecular flexibility index (Phi) is 3.12. The van der Waals surface area contributed by atoms with E-state index in [1.54, 1.807) is 12.1 Å². The number of aldehydes is 1. The molecule has 1 nitrogen and oxygen atoms in total. The molecule has 0 N–H and O–H groups in total. The first kappa shape index (κ1) is 9.56. The summed E-state index contributed by atoms with van der Waals surface area (Å²) in [5.74, 6) is 0. The lowest BCUT2D eigenvalue weighted by molar-refractivity contribution is -0.107. The van der Waals surface area contributed by atoms with E-state index in [-0.39, 0.29) is 0 Å². The second-order valence-electron chi connectivity index (χ2n) is 2.56. The Hall–Kier alpha value is -0.530. The molecule has 0 fully saturated rings. The summed E-state index contributed by atoms with van der Waals surface area (Å²) in [5, 5.41) is 1.25. The van der Waals surface area contributed by atoms with E-state index < -0.39 is 0 Å². The van der Waals surface area contributed by atoms with Crippen LogP contribution in [0.4, 0.5) is 0 Å². The Balaban J connectivity index is 3.13. The molecule has 0 aromatic heterocycles. The third kappa shape index (κ3) is 1.99.